The minimum absolute atomic E-state index is 0.156. The van der Waals surface area contributed by atoms with Crippen molar-refractivity contribution in [3.05, 3.63) is 59.3 Å². The van der Waals surface area contributed by atoms with Crippen molar-refractivity contribution >= 4 is 15.8 Å². The Labute approximate surface area is 145 Å². The van der Waals surface area contributed by atoms with Crippen molar-refractivity contribution in [1.82, 2.24) is 19.6 Å². The van der Waals surface area contributed by atoms with Gasteiger partial charge >= 0.3 is 0 Å². The molecule has 2 aromatic heterocycles. The average Bonchev–Trinajstić information content (AvgIpc) is 3.05. The normalized spacial score (nSPS) is 11.7. The Balaban J connectivity index is 1.79. The van der Waals surface area contributed by atoms with E-state index in [1.807, 2.05) is 0 Å². The molecule has 0 amide bonds. The number of nitrogens with zero attached hydrogens (tertiary/aromatic N) is 4. The number of anilines is 1. The monoisotopic (exact) mass is 363 g/mol. The van der Waals surface area contributed by atoms with Gasteiger partial charge in [-0.05, 0) is 31.5 Å². The summed E-state index contributed by atoms with van der Waals surface area (Å²) in [5, 5.41) is 8.34. The van der Waals surface area contributed by atoms with Gasteiger partial charge in [-0.1, -0.05) is 12.1 Å². The van der Waals surface area contributed by atoms with Crippen LogP contribution in [0.25, 0.3) is 0 Å². The highest BCUT2D eigenvalue weighted by Crippen LogP contribution is 2.21. The van der Waals surface area contributed by atoms with Gasteiger partial charge in [0.2, 0.25) is 0 Å². The number of sulfonamides is 1. The van der Waals surface area contributed by atoms with E-state index in [-0.39, 0.29) is 16.5 Å². The summed E-state index contributed by atoms with van der Waals surface area (Å²) in [7, 11) is -2.08. The number of halogens is 1. The van der Waals surface area contributed by atoms with Crippen molar-refractivity contribution in [3.8, 4) is 0 Å². The standard InChI is InChI=1S/C16H18FN5O2S/c1-11-16(12(2)21(3)18-11)25(23,24)20-15-8-9-22(19-15)10-13-4-6-14(17)7-5-13/h4-9H,10H2,1-3H3,(H,19,20). The van der Waals surface area contributed by atoms with Gasteiger partial charge in [-0.15, -0.1) is 0 Å². The number of benzene rings is 1. The summed E-state index contributed by atoms with van der Waals surface area (Å²) in [6.07, 6.45) is 1.66. The number of aryl methyl sites for hydroxylation is 2. The molecule has 1 aromatic carbocycles. The molecule has 0 radical (unpaired) electrons. The highest BCUT2D eigenvalue weighted by molar-refractivity contribution is 7.92. The van der Waals surface area contributed by atoms with Crippen LogP contribution in [0, 0.1) is 19.7 Å². The van der Waals surface area contributed by atoms with Crippen LogP contribution in [-0.4, -0.2) is 28.0 Å². The minimum atomic E-state index is -3.78. The lowest BCUT2D eigenvalue weighted by atomic mass is 10.2. The lowest BCUT2D eigenvalue weighted by Gasteiger charge is -2.06. The van der Waals surface area contributed by atoms with Crippen molar-refractivity contribution in [2.75, 3.05) is 4.72 Å². The molecule has 9 heteroatoms. The molecule has 7 nitrogen and oxygen atoms in total. The van der Waals surface area contributed by atoms with Gasteiger partial charge in [-0.25, -0.2) is 12.8 Å². The van der Waals surface area contributed by atoms with Crippen molar-refractivity contribution in [3.63, 3.8) is 0 Å². The van der Waals surface area contributed by atoms with Crippen molar-refractivity contribution in [2.45, 2.75) is 25.3 Å². The highest BCUT2D eigenvalue weighted by Gasteiger charge is 2.24. The van der Waals surface area contributed by atoms with E-state index < -0.39 is 10.0 Å². The number of rotatable bonds is 5. The quantitative estimate of drug-likeness (QED) is 0.754. The molecule has 0 unspecified atom stereocenters. The smallest absolute Gasteiger partial charge is 0.266 e. The molecule has 0 spiro atoms. The van der Waals surface area contributed by atoms with E-state index in [0.717, 1.165) is 5.56 Å². The van der Waals surface area contributed by atoms with Crippen LogP contribution in [0.15, 0.2) is 41.4 Å². The van der Waals surface area contributed by atoms with Gasteiger partial charge in [0.25, 0.3) is 10.0 Å². The van der Waals surface area contributed by atoms with E-state index in [4.69, 9.17) is 0 Å². The molecule has 0 aliphatic heterocycles. The van der Waals surface area contributed by atoms with Crippen LogP contribution in [0.1, 0.15) is 17.0 Å². The lowest BCUT2D eigenvalue weighted by molar-refractivity contribution is 0.599. The first-order chi connectivity index (χ1) is 11.8. The number of hydrogen-bond donors (Lipinski definition) is 1. The van der Waals surface area contributed by atoms with E-state index in [2.05, 4.69) is 14.9 Å². The highest BCUT2D eigenvalue weighted by atomic mass is 32.2. The first kappa shape index (κ1) is 17.2. The first-order valence-electron chi connectivity index (χ1n) is 7.57. The number of hydrogen-bond acceptors (Lipinski definition) is 4. The number of nitrogens with one attached hydrogen (secondary N) is 1. The van der Waals surface area contributed by atoms with Crippen LogP contribution in [0.4, 0.5) is 10.2 Å². The van der Waals surface area contributed by atoms with Crippen molar-refractivity contribution < 1.29 is 12.8 Å². The molecule has 2 heterocycles. The van der Waals surface area contributed by atoms with Crippen molar-refractivity contribution in [2.24, 2.45) is 7.05 Å². The maximum atomic E-state index is 12.9. The second kappa shape index (κ2) is 6.32. The third kappa shape index (κ3) is 3.55. The minimum Gasteiger partial charge on any atom is -0.271 e. The zero-order valence-corrected chi connectivity index (χ0v) is 14.9. The van der Waals surface area contributed by atoms with E-state index in [9.17, 15) is 12.8 Å². The molecule has 0 saturated heterocycles. The first-order valence-corrected chi connectivity index (χ1v) is 9.05. The summed E-state index contributed by atoms with van der Waals surface area (Å²) in [5.74, 6) is -0.0929. The van der Waals surface area contributed by atoms with E-state index in [1.54, 1.807) is 50.0 Å². The molecule has 132 valence electrons. The Morgan fingerprint density at radius 2 is 1.80 bits per heavy atom. The van der Waals surface area contributed by atoms with E-state index in [0.29, 0.717) is 17.9 Å². The average molecular weight is 363 g/mol. The Hall–Kier alpha value is -2.68. The van der Waals surface area contributed by atoms with Gasteiger partial charge in [0.15, 0.2) is 5.82 Å². The molecule has 0 atom stereocenters. The summed E-state index contributed by atoms with van der Waals surface area (Å²) in [6.45, 7) is 3.75. The largest absolute Gasteiger partial charge is 0.271 e. The Morgan fingerprint density at radius 1 is 1.12 bits per heavy atom. The summed E-state index contributed by atoms with van der Waals surface area (Å²) < 4.78 is 43.7. The zero-order valence-electron chi connectivity index (χ0n) is 14.1. The Bertz CT molecular complexity index is 1010. The summed E-state index contributed by atoms with van der Waals surface area (Å²) in [4.78, 5) is 0.156. The molecule has 3 rings (SSSR count). The van der Waals surface area contributed by atoms with Crippen LogP contribution < -0.4 is 4.72 Å². The molecule has 0 saturated carbocycles. The third-order valence-electron chi connectivity index (χ3n) is 3.85. The van der Waals surface area contributed by atoms with E-state index >= 15 is 0 Å². The predicted molar refractivity (Wildman–Crippen MR) is 91.2 cm³/mol. The topological polar surface area (TPSA) is 81.8 Å². The SMILES string of the molecule is Cc1nn(C)c(C)c1S(=O)(=O)Nc1ccn(Cc2ccc(F)cc2)n1. The van der Waals surface area contributed by atoms with Gasteiger partial charge < -0.3 is 0 Å². The van der Waals surface area contributed by atoms with Crippen LogP contribution in [-0.2, 0) is 23.6 Å². The molecule has 3 aromatic rings. The van der Waals surface area contributed by atoms with E-state index in [1.165, 1.54) is 16.8 Å². The molecule has 0 bridgehead atoms. The maximum absolute atomic E-state index is 12.9. The Morgan fingerprint density at radius 3 is 2.40 bits per heavy atom. The van der Waals surface area contributed by atoms with Gasteiger partial charge in [0.1, 0.15) is 10.7 Å². The maximum Gasteiger partial charge on any atom is 0.266 e. The fraction of sp³-hybridized carbons (Fsp3) is 0.250. The molecule has 1 N–H and O–H groups in total. The molecular weight excluding hydrogens is 345 g/mol. The van der Waals surface area contributed by atoms with Crippen LogP contribution >= 0.6 is 0 Å². The molecule has 0 aliphatic carbocycles. The van der Waals surface area contributed by atoms with Gasteiger partial charge in [-0.2, -0.15) is 10.2 Å². The van der Waals surface area contributed by atoms with Crippen LogP contribution in [0.3, 0.4) is 0 Å². The fourth-order valence-electron chi connectivity index (χ4n) is 2.61. The van der Waals surface area contributed by atoms with Gasteiger partial charge in [0.05, 0.1) is 17.9 Å². The van der Waals surface area contributed by atoms with Crippen molar-refractivity contribution in [1.29, 1.82) is 0 Å². The second-order valence-corrected chi connectivity index (χ2v) is 7.37. The number of aromatic nitrogens is 4. The molecule has 0 fully saturated rings. The molecular formula is C16H18FN5O2S. The lowest BCUT2D eigenvalue weighted by Crippen LogP contribution is -2.15. The molecule has 25 heavy (non-hydrogen) atoms. The zero-order chi connectivity index (χ0) is 18.2. The summed E-state index contributed by atoms with van der Waals surface area (Å²) in [6, 6.07) is 7.63. The van der Waals surface area contributed by atoms with Gasteiger partial charge in [-0.3, -0.25) is 14.1 Å². The van der Waals surface area contributed by atoms with Gasteiger partial charge in [0, 0.05) is 19.3 Å². The molecule has 0 aliphatic rings. The summed E-state index contributed by atoms with van der Waals surface area (Å²) >= 11 is 0. The third-order valence-corrected chi connectivity index (χ3v) is 5.45. The fourth-order valence-corrected chi connectivity index (χ4v) is 4.05. The predicted octanol–water partition coefficient (Wildman–Crippen LogP) is 2.22. The second-order valence-electron chi connectivity index (χ2n) is 5.75. The van der Waals surface area contributed by atoms with Crippen LogP contribution in [0.5, 0.6) is 0 Å². The van der Waals surface area contributed by atoms with Crippen LogP contribution in [0.2, 0.25) is 0 Å². The summed E-state index contributed by atoms with van der Waals surface area (Å²) in [5.41, 5.74) is 1.84. The Kier molecular flexibility index (Phi) is 4.34.